The van der Waals surface area contributed by atoms with Crippen LogP contribution in [-0.2, 0) is 6.42 Å². The molecule has 0 amide bonds. The first-order valence-corrected chi connectivity index (χ1v) is 6.60. The quantitative estimate of drug-likeness (QED) is 0.819. The van der Waals surface area contributed by atoms with Gasteiger partial charge in [-0.2, -0.15) is 0 Å². The number of hydrogen-bond acceptors (Lipinski definition) is 4. The van der Waals surface area contributed by atoms with Crippen molar-refractivity contribution in [1.82, 2.24) is 15.6 Å². The summed E-state index contributed by atoms with van der Waals surface area (Å²) in [7, 11) is 1.98. The van der Waals surface area contributed by atoms with Gasteiger partial charge in [0.1, 0.15) is 5.01 Å². The SMILES string of the molecule is CNCCc1csc(C2CCCCN2)n1. The molecule has 1 unspecified atom stereocenters. The first kappa shape index (κ1) is 11.0. The molecule has 1 aliphatic heterocycles. The second-order valence-corrected chi connectivity index (χ2v) is 4.92. The summed E-state index contributed by atoms with van der Waals surface area (Å²) in [6.07, 6.45) is 4.94. The molecular formula is C11H19N3S. The number of piperidine rings is 1. The van der Waals surface area contributed by atoms with Gasteiger partial charge in [-0.25, -0.2) is 4.98 Å². The zero-order valence-corrected chi connectivity index (χ0v) is 10.1. The van der Waals surface area contributed by atoms with E-state index in [0.717, 1.165) is 19.5 Å². The maximum Gasteiger partial charge on any atom is 0.110 e. The molecule has 0 saturated carbocycles. The highest BCUT2D eigenvalue weighted by Crippen LogP contribution is 2.25. The van der Waals surface area contributed by atoms with Crippen LogP contribution in [0.1, 0.15) is 36.0 Å². The van der Waals surface area contributed by atoms with Gasteiger partial charge in [0, 0.05) is 18.3 Å². The summed E-state index contributed by atoms with van der Waals surface area (Å²) in [6, 6.07) is 0.520. The summed E-state index contributed by atoms with van der Waals surface area (Å²) in [5, 5.41) is 10.2. The summed E-state index contributed by atoms with van der Waals surface area (Å²) >= 11 is 1.81. The van der Waals surface area contributed by atoms with Gasteiger partial charge in [0.15, 0.2) is 0 Å². The van der Waals surface area contributed by atoms with Crippen molar-refractivity contribution in [3.63, 3.8) is 0 Å². The van der Waals surface area contributed by atoms with Crippen LogP contribution in [0.25, 0.3) is 0 Å². The first-order chi connectivity index (χ1) is 7.40. The fourth-order valence-electron chi connectivity index (χ4n) is 1.91. The molecule has 2 heterocycles. The molecule has 1 atom stereocenters. The molecular weight excluding hydrogens is 206 g/mol. The van der Waals surface area contributed by atoms with Crippen LogP contribution in [0.5, 0.6) is 0 Å². The molecule has 2 N–H and O–H groups in total. The third-order valence-corrected chi connectivity index (χ3v) is 3.82. The Bertz CT molecular complexity index is 292. The lowest BCUT2D eigenvalue weighted by Crippen LogP contribution is -2.26. The van der Waals surface area contributed by atoms with E-state index in [0.29, 0.717) is 6.04 Å². The van der Waals surface area contributed by atoms with Crippen molar-refractivity contribution in [2.75, 3.05) is 20.1 Å². The average molecular weight is 225 g/mol. The van der Waals surface area contributed by atoms with Crippen molar-refractivity contribution in [3.05, 3.63) is 16.1 Å². The largest absolute Gasteiger partial charge is 0.319 e. The Morgan fingerprint density at radius 1 is 1.60 bits per heavy atom. The predicted molar refractivity (Wildman–Crippen MR) is 64.3 cm³/mol. The number of thiazole rings is 1. The van der Waals surface area contributed by atoms with Crippen LogP contribution in [-0.4, -0.2) is 25.1 Å². The zero-order chi connectivity index (χ0) is 10.5. The topological polar surface area (TPSA) is 37.0 Å². The Balaban J connectivity index is 1.93. The van der Waals surface area contributed by atoms with Crippen LogP contribution in [0, 0.1) is 0 Å². The van der Waals surface area contributed by atoms with E-state index in [9.17, 15) is 0 Å². The monoisotopic (exact) mass is 225 g/mol. The lowest BCUT2D eigenvalue weighted by atomic mass is 10.1. The van der Waals surface area contributed by atoms with Crippen molar-refractivity contribution in [1.29, 1.82) is 0 Å². The molecule has 4 heteroatoms. The van der Waals surface area contributed by atoms with Crippen molar-refractivity contribution < 1.29 is 0 Å². The number of nitrogens with one attached hydrogen (secondary N) is 2. The molecule has 2 rings (SSSR count). The second kappa shape index (κ2) is 5.58. The highest BCUT2D eigenvalue weighted by atomic mass is 32.1. The lowest BCUT2D eigenvalue weighted by molar-refractivity contribution is 0.410. The van der Waals surface area contributed by atoms with E-state index in [2.05, 4.69) is 21.0 Å². The minimum Gasteiger partial charge on any atom is -0.319 e. The van der Waals surface area contributed by atoms with Gasteiger partial charge >= 0.3 is 0 Å². The van der Waals surface area contributed by atoms with Crippen LogP contribution < -0.4 is 10.6 Å². The Hall–Kier alpha value is -0.450. The van der Waals surface area contributed by atoms with E-state index in [1.165, 1.54) is 30.0 Å². The molecule has 0 radical (unpaired) electrons. The predicted octanol–water partition coefficient (Wildman–Crippen LogP) is 1.72. The number of hydrogen-bond donors (Lipinski definition) is 2. The fourth-order valence-corrected chi connectivity index (χ4v) is 2.88. The van der Waals surface area contributed by atoms with E-state index < -0.39 is 0 Å². The fraction of sp³-hybridized carbons (Fsp3) is 0.727. The molecule has 84 valence electrons. The summed E-state index contributed by atoms with van der Waals surface area (Å²) < 4.78 is 0. The van der Waals surface area contributed by atoms with Crippen LogP contribution in [0.2, 0.25) is 0 Å². The van der Waals surface area contributed by atoms with Gasteiger partial charge in [-0.1, -0.05) is 6.42 Å². The van der Waals surface area contributed by atoms with Gasteiger partial charge < -0.3 is 10.6 Å². The average Bonchev–Trinajstić information content (AvgIpc) is 2.76. The van der Waals surface area contributed by atoms with Crippen LogP contribution in [0.3, 0.4) is 0 Å². The number of aromatic nitrogens is 1. The second-order valence-electron chi connectivity index (χ2n) is 4.03. The number of nitrogens with zero attached hydrogens (tertiary/aromatic N) is 1. The Kier molecular flexibility index (Phi) is 4.11. The number of likely N-dealkylation sites (N-methyl/N-ethyl adjacent to an activating group) is 1. The molecule has 1 fully saturated rings. The van der Waals surface area contributed by atoms with Crippen molar-refractivity contribution in [3.8, 4) is 0 Å². The van der Waals surface area contributed by atoms with Crippen LogP contribution >= 0.6 is 11.3 Å². The molecule has 0 aromatic carbocycles. The molecule has 0 aliphatic carbocycles. The van der Waals surface area contributed by atoms with Gasteiger partial charge in [0.2, 0.25) is 0 Å². The van der Waals surface area contributed by atoms with Crippen molar-refractivity contribution in [2.45, 2.75) is 31.7 Å². The smallest absolute Gasteiger partial charge is 0.110 e. The van der Waals surface area contributed by atoms with Gasteiger partial charge in [-0.05, 0) is 26.4 Å². The third-order valence-electron chi connectivity index (χ3n) is 2.81. The van der Waals surface area contributed by atoms with Gasteiger partial charge in [0.25, 0.3) is 0 Å². The first-order valence-electron chi connectivity index (χ1n) is 5.72. The molecule has 1 saturated heterocycles. The summed E-state index contributed by atoms with van der Waals surface area (Å²) in [5.41, 5.74) is 1.23. The molecule has 3 nitrogen and oxygen atoms in total. The Morgan fingerprint density at radius 3 is 3.27 bits per heavy atom. The Morgan fingerprint density at radius 2 is 2.53 bits per heavy atom. The highest BCUT2D eigenvalue weighted by Gasteiger charge is 2.17. The summed E-state index contributed by atoms with van der Waals surface area (Å²) in [6.45, 7) is 2.16. The standard InChI is InChI=1S/C11H19N3S/c1-12-7-5-9-8-15-11(14-9)10-4-2-3-6-13-10/h8,10,12-13H,2-7H2,1H3. The number of rotatable bonds is 4. The molecule has 0 spiro atoms. The normalized spacial score (nSPS) is 21.8. The minimum absolute atomic E-state index is 0.520. The molecule has 1 aromatic heterocycles. The third kappa shape index (κ3) is 3.00. The van der Waals surface area contributed by atoms with E-state index >= 15 is 0 Å². The maximum atomic E-state index is 4.69. The summed E-state index contributed by atoms with van der Waals surface area (Å²) in [4.78, 5) is 4.69. The molecule has 1 aromatic rings. The Labute approximate surface area is 95.3 Å². The van der Waals surface area contributed by atoms with E-state index in [1.54, 1.807) is 11.3 Å². The van der Waals surface area contributed by atoms with Gasteiger partial charge in [-0.15, -0.1) is 11.3 Å². The van der Waals surface area contributed by atoms with Crippen LogP contribution in [0.15, 0.2) is 5.38 Å². The molecule has 15 heavy (non-hydrogen) atoms. The van der Waals surface area contributed by atoms with E-state index in [1.807, 2.05) is 7.05 Å². The highest BCUT2D eigenvalue weighted by molar-refractivity contribution is 7.09. The van der Waals surface area contributed by atoms with E-state index in [-0.39, 0.29) is 0 Å². The zero-order valence-electron chi connectivity index (χ0n) is 9.25. The van der Waals surface area contributed by atoms with E-state index in [4.69, 9.17) is 0 Å². The summed E-state index contributed by atoms with van der Waals surface area (Å²) in [5.74, 6) is 0. The lowest BCUT2D eigenvalue weighted by Gasteiger charge is -2.21. The van der Waals surface area contributed by atoms with Crippen LogP contribution in [0.4, 0.5) is 0 Å². The van der Waals surface area contributed by atoms with Gasteiger partial charge in [0.05, 0.1) is 11.7 Å². The maximum absolute atomic E-state index is 4.69. The van der Waals surface area contributed by atoms with Gasteiger partial charge in [-0.3, -0.25) is 0 Å². The molecule has 1 aliphatic rings. The van der Waals surface area contributed by atoms with Crippen molar-refractivity contribution in [2.24, 2.45) is 0 Å². The minimum atomic E-state index is 0.520. The van der Waals surface area contributed by atoms with Crippen molar-refractivity contribution >= 4 is 11.3 Å². The molecule has 0 bridgehead atoms.